The van der Waals surface area contributed by atoms with E-state index >= 15 is 0 Å². The standard InChI is InChI=1S/C5H8N2O4/c1-5(11)2(8)6-4(10)7-3(5)9/h2,8,11H,1H3,(H2,6,7,9,10)/t2-,5+/m1/s1. The second kappa shape index (κ2) is 2.18. The van der Waals surface area contributed by atoms with E-state index in [9.17, 15) is 9.59 Å². The van der Waals surface area contributed by atoms with Gasteiger partial charge < -0.3 is 15.5 Å². The molecule has 0 aromatic rings. The number of hydrogen-bond acceptors (Lipinski definition) is 4. The van der Waals surface area contributed by atoms with Crippen molar-refractivity contribution in [3.63, 3.8) is 0 Å². The Labute approximate surface area is 62.2 Å². The fourth-order valence-corrected chi connectivity index (χ4v) is 0.655. The minimum atomic E-state index is -1.95. The Bertz CT molecular complexity index is 213. The molecule has 0 bridgehead atoms. The number of nitrogens with one attached hydrogen (secondary N) is 2. The van der Waals surface area contributed by atoms with E-state index in [4.69, 9.17) is 10.2 Å². The highest BCUT2D eigenvalue weighted by Crippen LogP contribution is 2.10. The van der Waals surface area contributed by atoms with Gasteiger partial charge in [0.05, 0.1) is 0 Å². The Balaban J connectivity index is 2.84. The number of urea groups is 1. The van der Waals surface area contributed by atoms with Crippen LogP contribution in [0.25, 0.3) is 0 Å². The summed E-state index contributed by atoms with van der Waals surface area (Å²) in [7, 11) is 0. The minimum absolute atomic E-state index is 0.811. The number of imide groups is 1. The smallest absolute Gasteiger partial charge is 0.323 e. The van der Waals surface area contributed by atoms with Crippen LogP contribution in [0.1, 0.15) is 6.92 Å². The van der Waals surface area contributed by atoms with Gasteiger partial charge in [0.25, 0.3) is 5.91 Å². The average molecular weight is 160 g/mol. The molecule has 4 N–H and O–H groups in total. The molecule has 0 aromatic carbocycles. The number of hydrogen-bond donors (Lipinski definition) is 4. The zero-order valence-electron chi connectivity index (χ0n) is 5.79. The fraction of sp³-hybridized carbons (Fsp3) is 0.600. The predicted octanol–water partition coefficient (Wildman–Crippen LogP) is -2.10. The first-order valence-electron chi connectivity index (χ1n) is 2.97. The van der Waals surface area contributed by atoms with Gasteiger partial charge in [-0.3, -0.25) is 10.1 Å². The number of carbonyl (C=O) groups excluding carboxylic acids is 2. The second-order valence-corrected chi connectivity index (χ2v) is 2.48. The van der Waals surface area contributed by atoms with Gasteiger partial charge in [-0.2, -0.15) is 0 Å². The Morgan fingerprint density at radius 2 is 2.09 bits per heavy atom. The van der Waals surface area contributed by atoms with Crippen LogP contribution in [-0.4, -0.2) is 34.0 Å². The van der Waals surface area contributed by atoms with E-state index in [-0.39, 0.29) is 0 Å². The maximum Gasteiger partial charge on any atom is 0.323 e. The first-order chi connectivity index (χ1) is 4.94. The molecule has 11 heavy (non-hydrogen) atoms. The maximum atomic E-state index is 10.8. The molecule has 62 valence electrons. The van der Waals surface area contributed by atoms with Crippen LogP contribution in [0, 0.1) is 0 Å². The molecule has 6 heteroatoms. The van der Waals surface area contributed by atoms with Gasteiger partial charge in [0.15, 0.2) is 11.8 Å². The van der Waals surface area contributed by atoms with Gasteiger partial charge in [0, 0.05) is 0 Å². The molecule has 1 fully saturated rings. The number of aliphatic hydroxyl groups is 2. The summed E-state index contributed by atoms with van der Waals surface area (Å²) < 4.78 is 0. The zero-order chi connectivity index (χ0) is 8.65. The first kappa shape index (κ1) is 7.96. The first-order valence-corrected chi connectivity index (χ1v) is 2.97. The van der Waals surface area contributed by atoms with Crippen LogP contribution < -0.4 is 10.6 Å². The lowest BCUT2D eigenvalue weighted by Crippen LogP contribution is -2.67. The Morgan fingerprint density at radius 1 is 1.55 bits per heavy atom. The molecule has 0 radical (unpaired) electrons. The van der Waals surface area contributed by atoms with Crippen LogP contribution in [0.2, 0.25) is 0 Å². The topological polar surface area (TPSA) is 98.7 Å². The molecular formula is C5H8N2O4. The number of aliphatic hydroxyl groups excluding tert-OH is 1. The summed E-state index contributed by atoms with van der Waals surface area (Å²) >= 11 is 0. The number of carbonyl (C=O) groups is 2. The molecule has 1 heterocycles. The van der Waals surface area contributed by atoms with Gasteiger partial charge in [-0.05, 0) is 6.92 Å². The molecule has 2 atom stereocenters. The highest BCUT2D eigenvalue weighted by molar-refractivity contribution is 6.01. The fourth-order valence-electron chi connectivity index (χ4n) is 0.655. The van der Waals surface area contributed by atoms with Crippen molar-refractivity contribution < 1.29 is 19.8 Å². The van der Waals surface area contributed by atoms with Crippen LogP contribution in [0.15, 0.2) is 0 Å². The van der Waals surface area contributed by atoms with Crippen molar-refractivity contribution in [1.29, 1.82) is 0 Å². The summed E-state index contributed by atoms with van der Waals surface area (Å²) in [4.78, 5) is 21.2. The van der Waals surface area contributed by atoms with Crippen LogP contribution >= 0.6 is 0 Å². The molecule has 6 nitrogen and oxygen atoms in total. The van der Waals surface area contributed by atoms with Gasteiger partial charge in [-0.25, -0.2) is 4.79 Å². The van der Waals surface area contributed by atoms with Crippen LogP contribution in [0.4, 0.5) is 4.79 Å². The molecule has 0 aromatic heterocycles. The molecule has 1 rings (SSSR count). The van der Waals surface area contributed by atoms with E-state index in [1.54, 1.807) is 5.32 Å². The molecule has 0 saturated carbocycles. The van der Waals surface area contributed by atoms with Crippen molar-refractivity contribution in [2.24, 2.45) is 0 Å². The Hall–Kier alpha value is -1.14. The highest BCUT2D eigenvalue weighted by atomic mass is 16.4. The lowest BCUT2D eigenvalue weighted by atomic mass is 10.0. The monoisotopic (exact) mass is 160 g/mol. The molecule has 0 spiro atoms. The van der Waals surface area contributed by atoms with E-state index in [1.165, 1.54) is 0 Å². The lowest BCUT2D eigenvalue weighted by molar-refractivity contribution is -0.153. The summed E-state index contributed by atoms with van der Waals surface area (Å²) in [6, 6.07) is -0.811. The van der Waals surface area contributed by atoms with E-state index in [1.807, 2.05) is 5.32 Å². The maximum absolute atomic E-state index is 10.8. The van der Waals surface area contributed by atoms with Crippen LogP contribution in [0.5, 0.6) is 0 Å². The van der Waals surface area contributed by atoms with E-state index in [2.05, 4.69) is 0 Å². The van der Waals surface area contributed by atoms with Gasteiger partial charge in [-0.1, -0.05) is 0 Å². The van der Waals surface area contributed by atoms with Crippen molar-refractivity contribution in [2.45, 2.75) is 18.8 Å². The molecule has 1 saturated heterocycles. The number of amides is 3. The summed E-state index contributed by atoms with van der Waals surface area (Å²) in [5.74, 6) is -0.909. The van der Waals surface area contributed by atoms with Crippen LogP contribution in [0.3, 0.4) is 0 Å². The van der Waals surface area contributed by atoms with E-state index in [0.29, 0.717) is 0 Å². The summed E-state index contributed by atoms with van der Waals surface area (Å²) in [5, 5.41) is 21.8. The van der Waals surface area contributed by atoms with Gasteiger partial charge in [0.1, 0.15) is 0 Å². The van der Waals surface area contributed by atoms with E-state index < -0.39 is 23.8 Å². The summed E-state index contributed by atoms with van der Waals surface area (Å²) in [6.45, 7) is 1.10. The summed E-state index contributed by atoms with van der Waals surface area (Å²) in [6.07, 6.45) is -1.55. The molecule has 3 amide bonds. The van der Waals surface area contributed by atoms with Crippen molar-refractivity contribution >= 4 is 11.9 Å². The SMILES string of the molecule is C[C@@]1(O)C(=O)NC(=O)N[C@@H]1O. The third kappa shape index (κ3) is 1.17. The third-order valence-corrected chi connectivity index (χ3v) is 1.49. The van der Waals surface area contributed by atoms with Gasteiger partial charge >= 0.3 is 6.03 Å². The highest BCUT2D eigenvalue weighted by Gasteiger charge is 2.44. The molecule has 1 aliphatic heterocycles. The molecular weight excluding hydrogens is 152 g/mol. The largest absolute Gasteiger partial charge is 0.376 e. The zero-order valence-corrected chi connectivity index (χ0v) is 5.79. The van der Waals surface area contributed by atoms with Gasteiger partial charge in [0.2, 0.25) is 0 Å². The predicted molar refractivity (Wildman–Crippen MR) is 33.3 cm³/mol. The van der Waals surface area contributed by atoms with Crippen molar-refractivity contribution in [1.82, 2.24) is 10.6 Å². The van der Waals surface area contributed by atoms with E-state index in [0.717, 1.165) is 6.92 Å². The normalized spacial score (nSPS) is 37.9. The third-order valence-electron chi connectivity index (χ3n) is 1.49. The average Bonchev–Trinajstić information content (AvgIpc) is 1.84. The van der Waals surface area contributed by atoms with Crippen molar-refractivity contribution in [3.05, 3.63) is 0 Å². The molecule has 0 aliphatic carbocycles. The Kier molecular flexibility index (Phi) is 1.57. The van der Waals surface area contributed by atoms with Crippen LogP contribution in [-0.2, 0) is 4.79 Å². The lowest BCUT2D eigenvalue weighted by Gasteiger charge is -2.32. The van der Waals surface area contributed by atoms with Crippen molar-refractivity contribution in [3.8, 4) is 0 Å². The molecule has 1 aliphatic rings. The quantitative estimate of drug-likeness (QED) is 0.326. The number of rotatable bonds is 0. The van der Waals surface area contributed by atoms with Crippen molar-refractivity contribution in [2.75, 3.05) is 0 Å². The van der Waals surface area contributed by atoms with Gasteiger partial charge in [-0.15, -0.1) is 0 Å². The Morgan fingerprint density at radius 3 is 2.55 bits per heavy atom. The molecule has 0 unspecified atom stereocenters. The summed E-state index contributed by atoms with van der Waals surface area (Å²) in [5.41, 5.74) is -1.95. The minimum Gasteiger partial charge on any atom is -0.376 e. The second-order valence-electron chi connectivity index (χ2n) is 2.48.